The third kappa shape index (κ3) is 16.6. The van der Waals surface area contributed by atoms with E-state index in [-0.39, 0.29) is 127 Å². The molecule has 8 aromatic rings. The number of Topliss-reactive ketones (excluding diaryl/α,β-unsaturated/α-hetero) is 2. The molecule has 2 aliphatic heterocycles. The summed E-state index contributed by atoms with van der Waals surface area (Å²) in [6.45, 7) is 2.02. The average molecular weight is 1350 g/mol. The number of carboxylic acids is 1. The molecule has 0 bridgehead atoms. The van der Waals surface area contributed by atoms with Gasteiger partial charge in [0.15, 0.2) is 23.2 Å². The Morgan fingerprint density at radius 1 is 0.675 bits per heavy atom. The number of nitrogens with two attached hydrogens (primary N) is 2. The van der Waals surface area contributed by atoms with E-state index in [0.717, 1.165) is 22.1 Å². The van der Waals surface area contributed by atoms with Crippen LogP contribution in [0, 0.1) is 11.6 Å². The fourth-order valence-corrected chi connectivity index (χ4v) is 9.04. The van der Waals surface area contributed by atoms with Gasteiger partial charge in [0.2, 0.25) is 29.6 Å². The minimum absolute atomic E-state index is 0. The molecular formula is C50H47Br2ClF4N16O7S3. The quantitative estimate of drug-likeness (QED) is 0.0423. The Morgan fingerprint density at radius 2 is 1.12 bits per heavy atom. The van der Waals surface area contributed by atoms with E-state index in [1.165, 1.54) is 41.4 Å². The lowest BCUT2D eigenvalue weighted by Gasteiger charge is -2.23. The number of rotatable bonds is 12. The summed E-state index contributed by atoms with van der Waals surface area (Å²) < 4.78 is 56.3. The van der Waals surface area contributed by atoms with E-state index in [2.05, 4.69) is 110 Å². The number of aromatic nitrogens is 10. The number of carbonyl (C=O) groups is 6. The standard InChI is InChI=1S/C25H21BrF2N8O3.C15H13N5O3.C10H10BrF2N3O.ClH.S2.H2S/c1-12(37)22-16-6-13(14-8-30-25(29)31-9-14)2-4-18(16)36(34-22)11-21(38)35-10-15(27)7-19(35)24(39)33-20-5-3-17(28)23(26)32-20;1-8(21)14-11-4-9(10-5-17-15(16)18-6-10)2-3-12(11)20(19-14)7-13(22)23;11-9-6(13)1-2-8(15-9)16-10(17)7-3-5(12)4-14-7;;1-2;/h2-6,8-9,15,19H,7,10-11H2,1H3,(H2,29,30,31)(H,32,33,39);2-6H,7H2,1H3,(H,22,23)(H2,16,17,18);1-2,5,7,14H,3-4H2,(H,15,16,17);1H;;1H2/t15-,19+;;5-,7+;;;/m1.1.../s1. The molecule has 2 fully saturated rings. The molecule has 3 amide bonds. The summed E-state index contributed by atoms with van der Waals surface area (Å²) in [5.74, 6) is -3.68. The lowest BCUT2D eigenvalue weighted by Crippen LogP contribution is -2.44. The highest BCUT2D eigenvalue weighted by atomic mass is 79.9. The summed E-state index contributed by atoms with van der Waals surface area (Å²) in [5, 5.41) is 26.3. The van der Waals surface area contributed by atoms with Crippen LogP contribution in [-0.4, -0.2) is 132 Å². The number of carbonyl (C=O) groups excluding carboxylic acids is 5. The third-order valence-corrected chi connectivity index (χ3v) is 13.2. The summed E-state index contributed by atoms with van der Waals surface area (Å²) >= 11 is 13.2. The second-order valence-corrected chi connectivity index (χ2v) is 19.3. The summed E-state index contributed by atoms with van der Waals surface area (Å²) in [7, 11) is 0. The zero-order valence-electron chi connectivity index (χ0n) is 43.1. The molecular weight excluding hydrogens is 1300 g/mol. The van der Waals surface area contributed by atoms with Crippen LogP contribution >= 0.6 is 57.8 Å². The predicted octanol–water partition coefficient (Wildman–Crippen LogP) is 6.67. The van der Waals surface area contributed by atoms with Gasteiger partial charge in [-0.05, 0) is 91.5 Å². The van der Waals surface area contributed by atoms with Crippen LogP contribution in [0.5, 0.6) is 0 Å². The number of anilines is 4. The van der Waals surface area contributed by atoms with Crippen LogP contribution in [0.15, 0.2) is 94.7 Å². The zero-order chi connectivity index (χ0) is 58.8. The Hall–Kier alpha value is -7.62. The van der Waals surface area contributed by atoms with Crippen molar-refractivity contribution in [2.75, 3.05) is 35.2 Å². The van der Waals surface area contributed by atoms with Crippen molar-refractivity contribution in [1.29, 1.82) is 0 Å². The lowest BCUT2D eigenvalue weighted by atomic mass is 10.0. The van der Waals surface area contributed by atoms with Crippen molar-refractivity contribution in [1.82, 2.24) is 59.7 Å². The van der Waals surface area contributed by atoms with Gasteiger partial charge in [0.25, 0.3) is 0 Å². The number of hydrogen-bond donors (Lipinski definition) is 6. The van der Waals surface area contributed by atoms with Crippen LogP contribution in [0.4, 0.5) is 41.1 Å². The lowest BCUT2D eigenvalue weighted by molar-refractivity contribution is -0.138. The number of fused-ring (bicyclic) bond motifs is 2. The fourth-order valence-electron chi connectivity index (χ4n) is 8.40. The summed E-state index contributed by atoms with van der Waals surface area (Å²) in [6, 6.07) is 13.7. The highest BCUT2D eigenvalue weighted by Crippen LogP contribution is 2.30. The summed E-state index contributed by atoms with van der Waals surface area (Å²) in [4.78, 5) is 97.6. The normalized spacial score (nSPS) is 15.9. The fraction of sp³-hybridized carbons (Fsp3) is 0.240. The highest BCUT2D eigenvalue weighted by Gasteiger charge is 2.40. The smallest absolute Gasteiger partial charge is 0.325 e. The van der Waals surface area contributed by atoms with E-state index in [1.54, 1.807) is 61.2 Å². The van der Waals surface area contributed by atoms with Crippen LogP contribution in [0.3, 0.4) is 0 Å². The van der Waals surface area contributed by atoms with Gasteiger partial charge in [-0.3, -0.25) is 38.1 Å². The van der Waals surface area contributed by atoms with Crippen LogP contribution in [0.2, 0.25) is 0 Å². The van der Waals surface area contributed by atoms with Gasteiger partial charge in [0.05, 0.1) is 23.6 Å². The topological polar surface area (TPSA) is 327 Å². The Balaban J connectivity index is 0.000000243. The van der Waals surface area contributed by atoms with Crippen LogP contribution < -0.4 is 27.4 Å². The molecule has 0 radical (unpaired) electrons. The number of nitrogens with zero attached hydrogens (tertiary/aromatic N) is 11. The maximum absolute atomic E-state index is 14.4. The first-order valence-corrected chi connectivity index (χ1v) is 26.7. The molecule has 2 saturated heterocycles. The van der Waals surface area contributed by atoms with E-state index in [4.69, 9.17) is 16.6 Å². The summed E-state index contributed by atoms with van der Waals surface area (Å²) in [5.41, 5.74) is 15.4. The molecule has 10 rings (SSSR count). The van der Waals surface area contributed by atoms with Crippen LogP contribution in [0.25, 0.3) is 44.1 Å². The second kappa shape index (κ2) is 29.6. The number of nitrogens with one attached hydrogen (secondary N) is 3. The first-order valence-electron chi connectivity index (χ1n) is 23.8. The number of ketones is 2. The van der Waals surface area contributed by atoms with Gasteiger partial charge in [-0.25, -0.2) is 47.5 Å². The number of carboxylic acid groups (broad SMARTS) is 1. The number of halogens is 7. The van der Waals surface area contributed by atoms with Gasteiger partial charge in [0.1, 0.15) is 63.7 Å². The molecule has 23 nitrogen and oxygen atoms in total. The number of likely N-dealkylation sites (tertiary alicyclic amines) is 1. The molecule has 8 N–H and O–H groups in total. The maximum atomic E-state index is 14.4. The van der Waals surface area contributed by atoms with Gasteiger partial charge < -0.3 is 37.4 Å². The Labute approximate surface area is 508 Å². The Morgan fingerprint density at radius 3 is 1.53 bits per heavy atom. The second-order valence-electron chi connectivity index (χ2n) is 17.7. The highest BCUT2D eigenvalue weighted by molar-refractivity contribution is 9.10. The molecule has 83 heavy (non-hydrogen) atoms. The molecule has 2 aromatic carbocycles. The van der Waals surface area contributed by atoms with Crippen molar-refractivity contribution >= 4 is 161 Å². The Bertz CT molecular complexity index is 3710. The van der Waals surface area contributed by atoms with Crippen LogP contribution in [0.1, 0.15) is 47.7 Å². The van der Waals surface area contributed by atoms with Gasteiger partial charge in [-0.15, -0.1) is 12.4 Å². The number of pyridine rings is 2. The first-order chi connectivity index (χ1) is 38.6. The molecule has 0 spiro atoms. The van der Waals surface area contributed by atoms with Crippen LogP contribution in [-0.2, 0) is 54.6 Å². The molecule has 0 saturated carbocycles. The molecule has 6 aromatic heterocycles. The zero-order valence-corrected chi connectivity index (χ0v) is 49.7. The SMILES string of the molecule is CC(=O)c1nn(CC(=O)N2C[C@H](F)C[C@H]2C(=O)Nc2ccc(F)c(Br)n2)c2ccc(-c3cnc(N)nc3)cc12.CC(=O)c1nn(CC(=O)O)c2ccc(-c3cnc(N)nc3)cc12.Cl.O=C(Nc1ccc(F)c(Br)n1)[C@@H]1C[C@@H](F)CN1.S.S=S. The van der Waals surface area contributed by atoms with Crippen molar-refractivity contribution in [3.8, 4) is 22.3 Å². The largest absolute Gasteiger partial charge is 0.480 e. The first kappa shape index (κ1) is 66.2. The van der Waals surface area contributed by atoms with Gasteiger partial charge in [-0.2, -0.15) is 23.7 Å². The number of nitrogen functional groups attached to an aromatic ring is 2. The van der Waals surface area contributed by atoms with Crippen molar-refractivity contribution in [3.05, 3.63) is 118 Å². The van der Waals surface area contributed by atoms with Crippen molar-refractivity contribution in [3.63, 3.8) is 0 Å². The van der Waals surface area contributed by atoms with Crippen molar-refractivity contribution < 1.29 is 51.4 Å². The van der Waals surface area contributed by atoms with E-state index in [0.29, 0.717) is 32.9 Å². The van der Waals surface area contributed by atoms with E-state index < -0.39 is 53.8 Å². The maximum Gasteiger partial charge on any atom is 0.325 e. The number of hydrogen-bond acceptors (Lipinski definition) is 19. The molecule has 0 aliphatic carbocycles. The van der Waals surface area contributed by atoms with Crippen molar-refractivity contribution in [2.24, 2.45) is 0 Å². The number of benzene rings is 2. The minimum Gasteiger partial charge on any atom is -0.480 e. The molecule has 436 valence electrons. The van der Waals surface area contributed by atoms with Crippen molar-refractivity contribution in [2.45, 2.75) is 64.2 Å². The Kier molecular flexibility index (Phi) is 23.6. The summed E-state index contributed by atoms with van der Waals surface area (Å²) in [6.07, 6.45) is 3.80. The minimum atomic E-state index is -1.41. The average Bonchev–Trinajstić information content (AvgIpc) is 3.43. The number of alkyl halides is 2. The predicted molar refractivity (Wildman–Crippen MR) is 318 cm³/mol. The van der Waals surface area contributed by atoms with E-state index in [9.17, 15) is 46.3 Å². The third-order valence-electron chi connectivity index (χ3n) is 12.1. The molecule has 8 heterocycles. The van der Waals surface area contributed by atoms with E-state index in [1.807, 2.05) is 0 Å². The van der Waals surface area contributed by atoms with Gasteiger partial charge >= 0.3 is 5.97 Å². The molecule has 0 unspecified atom stereocenters. The number of amides is 3. The molecule has 4 atom stereocenters. The van der Waals surface area contributed by atoms with E-state index >= 15 is 0 Å². The number of aliphatic carboxylic acids is 1. The van der Waals surface area contributed by atoms with Gasteiger partial charge in [-0.1, -0.05) is 12.1 Å². The molecule has 2 aliphatic rings. The molecule has 33 heteroatoms. The monoisotopic (exact) mass is 1350 g/mol. The van der Waals surface area contributed by atoms with Gasteiger partial charge in [0, 0.05) is 102 Å².